The molecule has 1 N–H and O–H groups in total. The van der Waals surface area contributed by atoms with E-state index in [1.54, 1.807) is 0 Å². The SMILES string of the molecule is CC.CC1C=C(c2ccccc2P(c2ccccc2)c2ccccc2)C(OC(=O)O)=CC1. The third-order valence-electron chi connectivity index (χ3n) is 5.05. The summed E-state index contributed by atoms with van der Waals surface area (Å²) in [5.74, 6) is 0.734. The first-order valence-electron chi connectivity index (χ1n) is 11.0. The van der Waals surface area contributed by atoms with Crippen molar-refractivity contribution in [3.05, 3.63) is 108 Å². The van der Waals surface area contributed by atoms with E-state index in [1.807, 2.05) is 44.2 Å². The molecule has 1 unspecified atom stereocenters. The van der Waals surface area contributed by atoms with Crippen LogP contribution in [0.1, 0.15) is 32.8 Å². The highest BCUT2D eigenvalue weighted by Crippen LogP contribution is 2.39. The Morgan fingerprint density at radius 3 is 1.97 bits per heavy atom. The van der Waals surface area contributed by atoms with Gasteiger partial charge in [-0.15, -0.1) is 0 Å². The lowest BCUT2D eigenvalue weighted by molar-refractivity contribution is 0.122. The standard InChI is InChI=1S/C26H23O3P.C2H6/c1-19-16-17-24(29-26(27)28)23(18-19)22-14-8-9-15-25(22)30(20-10-4-2-5-11-20)21-12-6-3-7-13-21;1-2/h2-15,17-19H,16H2,1H3,(H,27,28);1-2H3. The fourth-order valence-electron chi connectivity index (χ4n) is 3.73. The Balaban J connectivity index is 0.00000141. The minimum atomic E-state index is -1.28. The number of hydrogen-bond donors (Lipinski definition) is 1. The molecule has 4 heteroatoms. The van der Waals surface area contributed by atoms with E-state index in [0.717, 1.165) is 17.6 Å². The third kappa shape index (κ3) is 5.55. The van der Waals surface area contributed by atoms with Crippen LogP contribution in [0, 0.1) is 5.92 Å². The lowest BCUT2D eigenvalue weighted by atomic mass is 9.92. The molecule has 4 rings (SSSR count). The summed E-state index contributed by atoms with van der Waals surface area (Å²) in [6, 6.07) is 29.3. The number of carboxylic acid groups (broad SMARTS) is 1. The molecule has 0 spiro atoms. The van der Waals surface area contributed by atoms with Gasteiger partial charge < -0.3 is 9.84 Å². The summed E-state index contributed by atoms with van der Waals surface area (Å²) in [5, 5.41) is 12.9. The molecule has 0 aliphatic heterocycles. The van der Waals surface area contributed by atoms with Gasteiger partial charge in [-0.2, -0.15) is 0 Å². The van der Waals surface area contributed by atoms with Crippen molar-refractivity contribution in [1.82, 2.24) is 0 Å². The molecule has 0 bridgehead atoms. The predicted octanol–water partition coefficient (Wildman–Crippen LogP) is 6.47. The van der Waals surface area contributed by atoms with Gasteiger partial charge in [-0.05, 0) is 47.8 Å². The van der Waals surface area contributed by atoms with Gasteiger partial charge in [-0.3, -0.25) is 0 Å². The van der Waals surface area contributed by atoms with Crippen LogP contribution in [-0.2, 0) is 4.74 Å². The molecule has 32 heavy (non-hydrogen) atoms. The smallest absolute Gasteiger partial charge is 0.449 e. The fraction of sp³-hybridized carbons (Fsp3) is 0.179. The largest absolute Gasteiger partial charge is 0.511 e. The molecule has 0 fully saturated rings. The number of allylic oxidation sites excluding steroid dienone is 3. The summed E-state index contributed by atoms with van der Waals surface area (Å²) in [7, 11) is -0.816. The zero-order chi connectivity index (χ0) is 22.9. The number of hydrogen-bond acceptors (Lipinski definition) is 2. The zero-order valence-electron chi connectivity index (χ0n) is 18.7. The van der Waals surface area contributed by atoms with E-state index in [9.17, 15) is 9.90 Å². The fourth-order valence-corrected chi connectivity index (χ4v) is 6.19. The summed E-state index contributed by atoms with van der Waals surface area (Å²) in [6.45, 7) is 6.13. The van der Waals surface area contributed by atoms with Gasteiger partial charge in [0.05, 0.1) is 0 Å². The van der Waals surface area contributed by atoms with Crippen LogP contribution in [0.2, 0.25) is 0 Å². The highest BCUT2D eigenvalue weighted by atomic mass is 31.1. The van der Waals surface area contributed by atoms with Crippen molar-refractivity contribution in [3.63, 3.8) is 0 Å². The minimum absolute atomic E-state index is 0.314. The van der Waals surface area contributed by atoms with E-state index in [-0.39, 0.29) is 0 Å². The van der Waals surface area contributed by atoms with Crippen LogP contribution in [0.4, 0.5) is 4.79 Å². The molecular formula is C28H29O3P. The molecule has 1 aliphatic carbocycles. The van der Waals surface area contributed by atoms with Gasteiger partial charge in [0, 0.05) is 5.57 Å². The van der Waals surface area contributed by atoms with Crippen LogP contribution < -0.4 is 15.9 Å². The second-order valence-corrected chi connectivity index (χ2v) is 9.44. The quantitative estimate of drug-likeness (QED) is 0.362. The second kappa shape index (κ2) is 11.5. The van der Waals surface area contributed by atoms with Crippen LogP contribution in [0.3, 0.4) is 0 Å². The molecule has 0 saturated carbocycles. The number of ether oxygens (including phenoxy) is 1. The summed E-state index contributed by atoms with van der Waals surface area (Å²) in [5.41, 5.74) is 1.88. The van der Waals surface area contributed by atoms with Gasteiger partial charge in [-0.25, -0.2) is 4.79 Å². The molecule has 1 atom stereocenters. The Labute approximate surface area is 191 Å². The zero-order valence-corrected chi connectivity index (χ0v) is 19.6. The average molecular weight is 445 g/mol. The van der Waals surface area contributed by atoms with Gasteiger partial charge in [0.1, 0.15) is 5.76 Å². The molecule has 164 valence electrons. The number of benzene rings is 3. The molecule has 1 aliphatic rings. The summed E-state index contributed by atoms with van der Waals surface area (Å²) in [6.07, 6.45) is 3.49. The van der Waals surface area contributed by atoms with Crippen molar-refractivity contribution in [2.24, 2.45) is 5.92 Å². The lowest BCUT2D eigenvalue weighted by Gasteiger charge is -2.25. The Kier molecular flexibility index (Phi) is 8.41. The van der Waals surface area contributed by atoms with Crippen LogP contribution >= 0.6 is 7.92 Å². The summed E-state index contributed by atoms with van der Waals surface area (Å²) in [4.78, 5) is 11.3. The topological polar surface area (TPSA) is 46.5 Å². The number of rotatable bonds is 5. The first-order chi connectivity index (χ1) is 15.6. The molecule has 3 aromatic rings. The van der Waals surface area contributed by atoms with E-state index < -0.39 is 14.1 Å². The van der Waals surface area contributed by atoms with Gasteiger partial charge in [0.25, 0.3) is 0 Å². The first-order valence-corrected chi connectivity index (χ1v) is 12.3. The Morgan fingerprint density at radius 1 is 0.875 bits per heavy atom. The normalized spacial score (nSPS) is 15.2. The highest BCUT2D eigenvalue weighted by molar-refractivity contribution is 7.80. The van der Waals surface area contributed by atoms with E-state index in [1.165, 1.54) is 15.9 Å². The maximum absolute atomic E-state index is 11.3. The molecule has 0 saturated heterocycles. The minimum Gasteiger partial charge on any atom is -0.449 e. The third-order valence-corrected chi connectivity index (χ3v) is 7.55. The van der Waals surface area contributed by atoms with Crippen molar-refractivity contribution in [2.75, 3.05) is 0 Å². The Bertz CT molecular complexity index is 1050. The molecule has 0 radical (unpaired) electrons. The maximum Gasteiger partial charge on any atom is 0.511 e. The molecule has 3 aromatic carbocycles. The molecule has 3 nitrogen and oxygen atoms in total. The van der Waals surface area contributed by atoms with Crippen LogP contribution in [0.25, 0.3) is 5.57 Å². The van der Waals surface area contributed by atoms with E-state index >= 15 is 0 Å². The van der Waals surface area contributed by atoms with Gasteiger partial charge in [-0.1, -0.05) is 112 Å². The molecule has 0 amide bonds. The van der Waals surface area contributed by atoms with Crippen LogP contribution in [0.5, 0.6) is 0 Å². The first kappa shape index (κ1) is 23.5. The maximum atomic E-state index is 11.3. The van der Waals surface area contributed by atoms with E-state index in [0.29, 0.717) is 11.7 Å². The van der Waals surface area contributed by atoms with Gasteiger partial charge in [0.2, 0.25) is 0 Å². The van der Waals surface area contributed by atoms with Crippen molar-refractivity contribution < 1.29 is 14.6 Å². The van der Waals surface area contributed by atoms with Gasteiger partial charge in [0.15, 0.2) is 0 Å². The monoisotopic (exact) mass is 444 g/mol. The van der Waals surface area contributed by atoms with E-state index in [4.69, 9.17) is 4.74 Å². The van der Waals surface area contributed by atoms with Crippen molar-refractivity contribution in [3.8, 4) is 0 Å². The Hall–Kier alpha value is -3.16. The predicted molar refractivity (Wildman–Crippen MR) is 135 cm³/mol. The molecule has 0 heterocycles. The van der Waals surface area contributed by atoms with Crippen LogP contribution in [-0.4, -0.2) is 11.3 Å². The number of carbonyl (C=O) groups is 1. The second-order valence-electron chi connectivity index (χ2n) is 7.25. The molecular weight excluding hydrogens is 415 g/mol. The lowest BCUT2D eigenvalue weighted by Crippen LogP contribution is -2.24. The van der Waals surface area contributed by atoms with E-state index in [2.05, 4.69) is 73.7 Å². The highest BCUT2D eigenvalue weighted by Gasteiger charge is 2.25. The Morgan fingerprint density at radius 2 is 1.41 bits per heavy atom. The molecule has 0 aromatic heterocycles. The van der Waals surface area contributed by atoms with Crippen LogP contribution in [0.15, 0.2) is 103 Å². The summed E-state index contributed by atoms with van der Waals surface area (Å²) < 4.78 is 5.17. The summed E-state index contributed by atoms with van der Waals surface area (Å²) >= 11 is 0. The van der Waals surface area contributed by atoms with Crippen molar-refractivity contribution >= 4 is 35.6 Å². The van der Waals surface area contributed by atoms with Gasteiger partial charge >= 0.3 is 6.16 Å². The average Bonchev–Trinajstić information content (AvgIpc) is 2.83. The van der Waals surface area contributed by atoms with Crippen molar-refractivity contribution in [1.29, 1.82) is 0 Å². The van der Waals surface area contributed by atoms with Crippen molar-refractivity contribution in [2.45, 2.75) is 27.2 Å².